The largest absolute Gasteiger partial charge is 0.298 e. The molecular weight excluding hydrogens is 307 g/mol. The summed E-state index contributed by atoms with van der Waals surface area (Å²) in [7, 11) is 0. The zero-order valence-electron chi connectivity index (χ0n) is 12.8. The Balaban J connectivity index is 2.03. The number of hydrogen-bond donors (Lipinski definition) is 0. The van der Waals surface area contributed by atoms with E-state index in [1.165, 1.54) is 28.9 Å². The zero-order valence-corrected chi connectivity index (χ0v) is 12.8. The molecule has 5 nitrogen and oxygen atoms in total. The zero-order chi connectivity index (χ0) is 16.7. The molecule has 0 bridgehead atoms. The van der Waals surface area contributed by atoms with Crippen LogP contribution in [0, 0.1) is 12.7 Å². The van der Waals surface area contributed by atoms with E-state index in [0.717, 1.165) is 5.69 Å². The van der Waals surface area contributed by atoms with Crippen LogP contribution in [0.2, 0.25) is 0 Å². The number of aryl methyl sites for hydroxylation is 1. The van der Waals surface area contributed by atoms with Crippen LogP contribution in [0.5, 0.6) is 0 Å². The minimum absolute atomic E-state index is 0.302. The molecule has 0 atom stereocenters. The van der Waals surface area contributed by atoms with Crippen molar-refractivity contribution in [3.05, 3.63) is 82.7 Å². The second-order valence-corrected chi connectivity index (χ2v) is 5.43. The highest BCUT2D eigenvalue weighted by atomic mass is 19.1. The highest BCUT2D eigenvalue weighted by molar-refractivity contribution is 5.81. The summed E-state index contributed by atoms with van der Waals surface area (Å²) in [4.78, 5) is 13.0. The molecule has 2 aromatic carbocycles. The maximum atomic E-state index is 13.1. The van der Waals surface area contributed by atoms with Crippen LogP contribution < -0.4 is 5.56 Å². The van der Waals surface area contributed by atoms with Crippen LogP contribution in [0.3, 0.4) is 0 Å². The molecular formula is C18H13FN4O. The van der Waals surface area contributed by atoms with E-state index in [2.05, 4.69) is 10.2 Å². The van der Waals surface area contributed by atoms with E-state index in [1.54, 1.807) is 10.9 Å². The van der Waals surface area contributed by atoms with Crippen LogP contribution in [-0.2, 0) is 0 Å². The predicted molar refractivity (Wildman–Crippen MR) is 89.2 cm³/mol. The molecule has 2 heterocycles. The molecule has 4 rings (SSSR count). The van der Waals surface area contributed by atoms with Gasteiger partial charge in [0, 0.05) is 5.39 Å². The average molecular weight is 320 g/mol. The summed E-state index contributed by atoms with van der Waals surface area (Å²) >= 11 is 0. The predicted octanol–water partition coefficient (Wildman–Crippen LogP) is 3.02. The van der Waals surface area contributed by atoms with Gasteiger partial charge in [0.2, 0.25) is 0 Å². The van der Waals surface area contributed by atoms with E-state index in [-0.39, 0.29) is 11.4 Å². The van der Waals surface area contributed by atoms with Crippen molar-refractivity contribution >= 4 is 10.9 Å². The number of rotatable bonds is 2. The Morgan fingerprint density at radius 1 is 0.917 bits per heavy atom. The number of aromatic nitrogens is 4. The number of halogens is 1. The topological polar surface area (TPSA) is 52.7 Å². The monoisotopic (exact) mass is 320 g/mol. The highest BCUT2D eigenvalue weighted by Crippen LogP contribution is 2.18. The van der Waals surface area contributed by atoms with Crippen LogP contribution in [0.15, 0.2) is 65.6 Å². The minimum Gasteiger partial charge on any atom is -0.265 e. The molecule has 0 saturated carbocycles. The van der Waals surface area contributed by atoms with Gasteiger partial charge < -0.3 is 0 Å². The van der Waals surface area contributed by atoms with E-state index in [1.807, 2.05) is 37.3 Å². The molecule has 0 saturated heterocycles. The molecule has 0 amide bonds. The van der Waals surface area contributed by atoms with Gasteiger partial charge in [-0.05, 0) is 43.3 Å². The van der Waals surface area contributed by atoms with Crippen molar-refractivity contribution in [1.29, 1.82) is 0 Å². The average Bonchev–Trinajstić information content (AvgIpc) is 3.06. The normalized spacial score (nSPS) is 11.1. The molecule has 6 heteroatoms. The number of benzene rings is 2. The van der Waals surface area contributed by atoms with Crippen LogP contribution in [0.1, 0.15) is 5.69 Å². The van der Waals surface area contributed by atoms with E-state index >= 15 is 0 Å². The standard InChI is InChI=1S/C18H13FN4O/c1-12-16-11-20-22(14-5-3-2-4-6-14)17(16)18(24)23(21-12)15-9-7-13(19)8-10-15/h2-11H,1H3. The van der Waals surface area contributed by atoms with Gasteiger partial charge in [-0.2, -0.15) is 14.9 Å². The lowest BCUT2D eigenvalue weighted by molar-refractivity contribution is 0.626. The first-order chi connectivity index (χ1) is 11.6. The Hall–Kier alpha value is -3.28. The molecule has 0 fully saturated rings. The van der Waals surface area contributed by atoms with Gasteiger partial charge >= 0.3 is 0 Å². The molecule has 0 N–H and O–H groups in total. The van der Waals surface area contributed by atoms with Crippen LogP contribution in [0.25, 0.3) is 22.3 Å². The van der Waals surface area contributed by atoms with Gasteiger partial charge in [0.05, 0.1) is 23.3 Å². The van der Waals surface area contributed by atoms with E-state index in [4.69, 9.17) is 0 Å². The first-order valence-electron chi connectivity index (χ1n) is 7.44. The van der Waals surface area contributed by atoms with Crippen molar-refractivity contribution in [2.24, 2.45) is 0 Å². The smallest absolute Gasteiger partial charge is 0.265 e. The quantitative estimate of drug-likeness (QED) is 0.570. The first kappa shape index (κ1) is 14.3. The van der Waals surface area contributed by atoms with Crippen LogP contribution >= 0.6 is 0 Å². The summed E-state index contributed by atoms with van der Waals surface area (Å²) in [5.74, 6) is -0.362. The maximum Gasteiger partial charge on any atom is 0.298 e. The summed E-state index contributed by atoms with van der Waals surface area (Å²) in [6.07, 6.45) is 1.64. The highest BCUT2D eigenvalue weighted by Gasteiger charge is 2.15. The van der Waals surface area contributed by atoms with Crippen molar-refractivity contribution in [3.63, 3.8) is 0 Å². The van der Waals surface area contributed by atoms with Gasteiger partial charge in [-0.15, -0.1) is 0 Å². The van der Waals surface area contributed by atoms with E-state index in [0.29, 0.717) is 22.3 Å². The van der Waals surface area contributed by atoms with Gasteiger partial charge in [0.15, 0.2) is 0 Å². The van der Waals surface area contributed by atoms with Gasteiger partial charge in [-0.3, -0.25) is 4.79 Å². The lowest BCUT2D eigenvalue weighted by atomic mass is 10.2. The molecule has 0 aliphatic heterocycles. The van der Waals surface area contributed by atoms with Gasteiger partial charge in [-0.1, -0.05) is 18.2 Å². The SMILES string of the molecule is Cc1nn(-c2ccc(F)cc2)c(=O)c2c1cnn2-c1ccccc1. The Morgan fingerprint density at radius 2 is 1.58 bits per heavy atom. The third-order valence-electron chi connectivity index (χ3n) is 3.88. The Bertz CT molecular complexity index is 1080. The Kier molecular flexibility index (Phi) is 3.23. The van der Waals surface area contributed by atoms with Gasteiger partial charge in [0.25, 0.3) is 5.56 Å². The van der Waals surface area contributed by atoms with E-state index in [9.17, 15) is 9.18 Å². The van der Waals surface area contributed by atoms with Crippen LogP contribution in [-0.4, -0.2) is 19.6 Å². The summed E-state index contributed by atoms with van der Waals surface area (Å²) in [5, 5.41) is 9.37. The molecule has 24 heavy (non-hydrogen) atoms. The summed E-state index contributed by atoms with van der Waals surface area (Å²) in [6.45, 7) is 1.82. The van der Waals surface area contributed by atoms with E-state index < -0.39 is 0 Å². The lowest BCUT2D eigenvalue weighted by Gasteiger charge is -2.08. The molecule has 0 spiro atoms. The molecule has 4 aromatic rings. The van der Waals surface area contributed by atoms with Crippen molar-refractivity contribution < 1.29 is 4.39 Å². The molecule has 118 valence electrons. The fourth-order valence-electron chi connectivity index (χ4n) is 2.69. The fraction of sp³-hybridized carbons (Fsp3) is 0.0556. The fourth-order valence-corrected chi connectivity index (χ4v) is 2.69. The molecule has 2 aromatic heterocycles. The minimum atomic E-state index is -0.362. The third kappa shape index (κ3) is 2.20. The molecule has 0 aliphatic carbocycles. The second-order valence-electron chi connectivity index (χ2n) is 5.43. The number of nitrogens with zero attached hydrogens (tertiary/aromatic N) is 4. The Labute approximate surface area is 136 Å². The second kappa shape index (κ2) is 5.42. The molecule has 0 radical (unpaired) electrons. The van der Waals surface area contributed by atoms with Crippen molar-refractivity contribution in [2.45, 2.75) is 6.92 Å². The van der Waals surface area contributed by atoms with Crippen molar-refractivity contribution in [1.82, 2.24) is 19.6 Å². The summed E-state index contributed by atoms with van der Waals surface area (Å²) < 4.78 is 16.0. The molecule has 0 aliphatic rings. The van der Waals surface area contributed by atoms with Gasteiger partial charge in [-0.25, -0.2) is 9.07 Å². The third-order valence-corrected chi connectivity index (χ3v) is 3.88. The molecule has 0 unspecified atom stereocenters. The van der Waals surface area contributed by atoms with Crippen LogP contribution in [0.4, 0.5) is 4.39 Å². The summed E-state index contributed by atoms with van der Waals surface area (Å²) in [6, 6.07) is 15.1. The number of para-hydroxylation sites is 1. The first-order valence-corrected chi connectivity index (χ1v) is 7.44. The summed E-state index contributed by atoms with van der Waals surface area (Å²) in [5.41, 5.74) is 2.12. The lowest BCUT2D eigenvalue weighted by Crippen LogP contribution is -2.24. The Morgan fingerprint density at radius 3 is 2.29 bits per heavy atom. The number of fused-ring (bicyclic) bond motifs is 1. The number of hydrogen-bond acceptors (Lipinski definition) is 3. The van der Waals surface area contributed by atoms with Gasteiger partial charge in [0.1, 0.15) is 11.3 Å². The maximum absolute atomic E-state index is 13.1. The van der Waals surface area contributed by atoms with Crippen molar-refractivity contribution in [2.75, 3.05) is 0 Å². The van der Waals surface area contributed by atoms with Crippen molar-refractivity contribution in [3.8, 4) is 11.4 Å².